The minimum atomic E-state index is 0.515. The van der Waals surface area contributed by atoms with Gasteiger partial charge in [-0.15, -0.1) is 0 Å². The summed E-state index contributed by atoms with van der Waals surface area (Å²) in [7, 11) is 0. The Morgan fingerprint density at radius 3 is 1.81 bits per heavy atom. The first kappa shape index (κ1) is 19.6. The Labute approximate surface area is 185 Å². The van der Waals surface area contributed by atoms with Crippen molar-refractivity contribution in [2.24, 2.45) is 0 Å². The third kappa shape index (κ3) is 3.45. The van der Waals surface area contributed by atoms with Gasteiger partial charge in [0.1, 0.15) is 0 Å². The fourth-order valence-corrected chi connectivity index (χ4v) is 4.52. The van der Waals surface area contributed by atoms with E-state index in [4.69, 9.17) is 0 Å². The monoisotopic (exact) mass is 403 g/mol. The molecular weight excluding hydrogens is 374 g/mol. The number of benzene rings is 4. The summed E-state index contributed by atoms with van der Waals surface area (Å²) in [6.07, 6.45) is 0. The number of para-hydroxylation sites is 2. The average molecular weight is 404 g/mol. The minimum Gasteiger partial charge on any atom is -0.309 e. The number of aromatic nitrogens is 1. The van der Waals surface area contributed by atoms with Gasteiger partial charge in [0, 0.05) is 16.5 Å². The summed E-state index contributed by atoms with van der Waals surface area (Å²) < 4.78 is 2.37. The fraction of sp³-hybridized carbons (Fsp3) is 0.200. The molecule has 0 saturated heterocycles. The van der Waals surface area contributed by atoms with Gasteiger partial charge in [0.2, 0.25) is 0 Å². The molecule has 154 valence electrons. The van der Waals surface area contributed by atoms with Crippen LogP contribution in [0.3, 0.4) is 0 Å². The lowest BCUT2D eigenvalue weighted by Crippen LogP contribution is -1.95. The highest BCUT2D eigenvalue weighted by Gasteiger charge is 2.14. The van der Waals surface area contributed by atoms with Crippen molar-refractivity contribution in [3.8, 4) is 16.8 Å². The van der Waals surface area contributed by atoms with Gasteiger partial charge in [-0.1, -0.05) is 88.4 Å². The smallest absolute Gasteiger partial charge is 0.0541 e. The van der Waals surface area contributed by atoms with Gasteiger partial charge in [-0.2, -0.15) is 0 Å². The summed E-state index contributed by atoms with van der Waals surface area (Å²) in [4.78, 5) is 0. The summed E-state index contributed by atoms with van der Waals surface area (Å²) in [6, 6.07) is 33.4. The Kier molecular flexibility index (Phi) is 4.90. The van der Waals surface area contributed by atoms with E-state index in [0.717, 1.165) is 0 Å². The van der Waals surface area contributed by atoms with Crippen LogP contribution in [0.4, 0.5) is 0 Å². The Morgan fingerprint density at radius 2 is 1.13 bits per heavy atom. The van der Waals surface area contributed by atoms with Gasteiger partial charge in [-0.3, -0.25) is 0 Å². The zero-order chi connectivity index (χ0) is 21.5. The summed E-state index contributed by atoms with van der Waals surface area (Å²) in [5.74, 6) is 1.03. The predicted octanol–water partition coefficient (Wildman–Crippen LogP) is 8.70. The van der Waals surface area contributed by atoms with Crippen LogP contribution in [0.15, 0.2) is 91.0 Å². The highest BCUT2D eigenvalue weighted by atomic mass is 15.0. The van der Waals surface area contributed by atoms with Crippen LogP contribution in [-0.2, 0) is 0 Å². The highest BCUT2D eigenvalue weighted by molar-refractivity contribution is 6.10. The second-order valence-electron chi connectivity index (χ2n) is 9.12. The Bertz CT molecular complexity index is 1340. The molecule has 0 bridgehead atoms. The molecule has 0 saturated carbocycles. The van der Waals surface area contributed by atoms with E-state index in [2.05, 4.69) is 123 Å². The standard InChI is InChI=1S/C30H29N/c1-20(2)23-16-24(21(3)4)18-25(17-23)22-14-15-30-28(19-22)27-12-8-9-13-29(27)31(30)26-10-6-5-7-11-26/h5-21H,1-4H3. The maximum absolute atomic E-state index is 2.38. The zero-order valence-corrected chi connectivity index (χ0v) is 18.8. The van der Waals surface area contributed by atoms with Crippen LogP contribution < -0.4 is 0 Å². The minimum absolute atomic E-state index is 0.515. The van der Waals surface area contributed by atoms with Crippen molar-refractivity contribution in [1.29, 1.82) is 0 Å². The van der Waals surface area contributed by atoms with Crippen LogP contribution in [0.1, 0.15) is 50.7 Å². The summed E-state index contributed by atoms with van der Waals surface area (Å²) >= 11 is 0. The third-order valence-electron chi connectivity index (χ3n) is 6.33. The lowest BCUT2D eigenvalue weighted by atomic mass is 9.90. The SMILES string of the molecule is CC(C)c1cc(-c2ccc3c(c2)c2ccccc2n3-c2ccccc2)cc(C(C)C)c1. The molecule has 0 radical (unpaired) electrons. The molecule has 1 nitrogen and oxygen atoms in total. The third-order valence-corrected chi connectivity index (χ3v) is 6.33. The number of rotatable bonds is 4. The van der Waals surface area contributed by atoms with Crippen molar-refractivity contribution in [1.82, 2.24) is 4.57 Å². The molecule has 5 aromatic rings. The first-order chi connectivity index (χ1) is 15.0. The van der Waals surface area contributed by atoms with Crippen LogP contribution in [0, 0.1) is 0 Å². The van der Waals surface area contributed by atoms with Gasteiger partial charge in [0.05, 0.1) is 11.0 Å². The van der Waals surface area contributed by atoms with E-state index in [1.165, 1.54) is 49.7 Å². The van der Waals surface area contributed by atoms with Crippen molar-refractivity contribution < 1.29 is 0 Å². The molecule has 0 N–H and O–H groups in total. The quantitative estimate of drug-likeness (QED) is 0.283. The lowest BCUT2D eigenvalue weighted by molar-refractivity contribution is 0.834. The molecule has 0 spiro atoms. The van der Waals surface area contributed by atoms with E-state index in [-0.39, 0.29) is 0 Å². The molecular formula is C30H29N. The van der Waals surface area contributed by atoms with Gasteiger partial charge in [0.25, 0.3) is 0 Å². The molecule has 1 heterocycles. The summed E-state index contributed by atoms with van der Waals surface area (Å²) in [5.41, 5.74) is 9.12. The molecule has 0 aliphatic heterocycles. The summed E-state index contributed by atoms with van der Waals surface area (Å²) in [5, 5.41) is 2.60. The van der Waals surface area contributed by atoms with Crippen LogP contribution in [-0.4, -0.2) is 4.57 Å². The maximum Gasteiger partial charge on any atom is 0.0541 e. The topological polar surface area (TPSA) is 4.93 Å². The molecule has 0 fully saturated rings. The van der Waals surface area contributed by atoms with Crippen molar-refractivity contribution in [3.05, 3.63) is 102 Å². The molecule has 1 heteroatoms. The lowest BCUT2D eigenvalue weighted by Gasteiger charge is -2.15. The maximum atomic E-state index is 2.38. The molecule has 0 unspecified atom stereocenters. The molecule has 0 atom stereocenters. The van der Waals surface area contributed by atoms with Crippen LogP contribution in [0.2, 0.25) is 0 Å². The molecule has 5 rings (SSSR count). The molecule has 1 aromatic heterocycles. The van der Waals surface area contributed by atoms with Crippen molar-refractivity contribution in [2.45, 2.75) is 39.5 Å². The van der Waals surface area contributed by atoms with Gasteiger partial charge in [-0.05, 0) is 64.4 Å². The first-order valence-electron chi connectivity index (χ1n) is 11.3. The van der Waals surface area contributed by atoms with E-state index < -0.39 is 0 Å². The van der Waals surface area contributed by atoms with Gasteiger partial charge in [0.15, 0.2) is 0 Å². The van der Waals surface area contributed by atoms with Crippen LogP contribution in [0.5, 0.6) is 0 Å². The van der Waals surface area contributed by atoms with E-state index in [9.17, 15) is 0 Å². The van der Waals surface area contributed by atoms with Gasteiger partial charge >= 0.3 is 0 Å². The number of nitrogens with zero attached hydrogens (tertiary/aromatic N) is 1. The molecule has 0 aliphatic carbocycles. The van der Waals surface area contributed by atoms with Crippen molar-refractivity contribution >= 4 is 21.8 Å². The van der Waals surface area contributed by atoms with E-state index in [0.29, 0.717) is 11.8 Å². The second kappa shape index (κ2) is 7.74. The molecule has 4 aromatic carbocycles. The van der Waals surface area contributed by atoms with E-state index >= 15 is 0 Å². The van der Waals surface area contributed by atoms with E-state index in [1.807, 2.05) is 0 Å². The molecule has 0 aliphatic rings. The van der Waals surface area contributed by atoms with E-state index in [1.54, 1.807) is 0 Å². The van der Waals surface area contributed by atoms with Gasteiger partial charge < -0.3 is 4.57 Å². The average Bonchev–Trinajstić information content (AvgIpc) is 3.13. The molecule has 31 heavy (non-hydrogen) atoms. The fourth-order valence-electron chi connectivity index (χ4n) is 4.52. The first-order valence-corrected chi connectivity index (χ1v) is 11.3. The molecule has 0 amide bonds. The highest BCUT2D eigenvalue weighted by Crippen LogP contribution is 2.36. The second-order valence-corrected chi connectivity index (χ2v) is 9.12. The van der Waals surface area contributed by atoms with Crippen LogP contribution in [0.25, 0.3) is 38.6 Å². The Balaban J connectivity index is 1.77. The largest absolute Gasteiger partial charge is 0.309 e. The Hall–Kier alpha value is -3.32. The van der Waals surface area contributed by atoms with Crippen molar-refractivity contribution in [3.63, 3.8) is 0 Å². The van der Waals surface area contributed by atoms with Crippen molar-refractivity contribution in [2.75, 3.05) is 0 Å². The zero-order valence-electron chi connectivity index (χ0n) is 18.8. The number of hydrogen-bond donors (Lipinski definition) is 0. The number of hydrogen-bond acceptors (Lipinski definition) is 0. The Morgan fingerprint density at radius 1 is 0.516 bits per heavy atom. The number of fused-ring (bicyclic) bond motifs is 3. The van der Waals surface area contributed by atoms with Crippen LogP contribution >= 0.6 is 0 Å². The predicted molar refractivity (Wildman–Crippen MR) is 134 cm³/mol. The van der Waals surface area contributed by atoms with Gasteiger partial charge in [-0.25, -0.2) is 0 Å². The normalized spacial score (nSPS) is 11.8. The summed E-state index contributed by atoms with van der Waals surface area (Å²) in [6.45, 7) is 9.11.